The van der Waals surface area contributed by atoms with E-state index < -0.39 is 18.2 Å². The summed E-state index contributed by atoms with van der Waals surface area (Å²) in [6, 6.07) is 16.3. The predicted molar refractivity (Wildman–Crippen MR) is 158 cm³/mol. The van der Waals surface area contributed by atoms with Crippen LogP contribution in [0.15, 0.2) is 78.0 Å². The number of aromatic nitrogens is 3. The Balaban J connectivity index is 1.17. The highest BCUT2D eigenvalue weighted by Gasteiger charge is 2.33. The second kappa shape index (κ2) is 12.9. The van der Waals surface area contributed by atoms with Crippen LogP contribution in [0.25, 0.3) is 17.1 Å². The maximum Gasteiger partial charge on any atom is 0.573 e. The highest BCUT2D eigenvalue weighted by molar-refractivity contribution is 8.15. The Kier molecular flexibility index (Phi) is 8.99. The number of amides is 3. The van der Waals surface area contributed by atoms with Crippen molar-refractivity contribution < 1.29 is 31.9 Å². The Bertz CT molecular complexity index is 1690. The minimum Gasteiger partial charge on any atom is -0.406 e. The molecule has 228 valence electrons. The number of halogens is 4. The first-order valence-electron chi connectivity index (χ1n) is 13.5. The Morgan fingerprint density at radius 3 is 2.50 bits per heavy atom. The number of ether oxygens (including phenoxy) is 1. The molecule has 3 aromatic carbocycles. The number of hydrogen-bond donors (Lipinski definition) is 1. The minimum atomic E-state index is -4.77. The van der Waals surface area contributed by atoms with Crippen LogP contribution in [0.3, 0.4) is 0 Å². The molecular formula is C30H26F4N6O3S. The molecule has 0 unspecified atom stereocenters. The highest BCUT2D eigenvalue weighted by Crippen LogP contribution is 2.34. The molecule has 44 heavy (non-hydrogen) atoms. The number of nitrogens with one attached hydrogen (secondary N) is 1. The summed E-state index contributed by atoms with van der Waals surface area (Å²) in [6.07, 6.45) is -2.80. The molecule has 1 fully saturated rings. The van der Waals surface area contributed by atoms with Crippen LogP contribution in [0.5, 0.6) is 5.75 Å². The van der Waals surface area contributed by atoms with E-state index in [1.807, 2.05) is 38.1 Å². The van der Waals surface area contributed by atoms with Gasteiger partial charge in [-0.1, -0.05) is 49.9 Å². The number of benzene rings is 3. The summed E-state index contributed by atoms with van der Waals surface area (Å²) in [7, 11) is 0. The lowest BCUT2D eigenvalue weighted by Crippen LogP contribution is -2.32. The molecule has 0 bridgehead atoms. The van der Waals surface area contributed by atoms with Crippen LogP contribution in [-0.2, 0) is 11.2 Å². The lowest BCUT2D eigenvalue weighted by atomic mass is 10.0. The van der Waals surface area contributed by atoms with E-state index in [0.717, 1.165) is 22.9 Å². The number of anilines is 1. The van der Waals surface area contributed by atoms with Crippen molar-refractivity contribution in [3.05, 3.63) is 90.0 Å². The molecule has 3 amide bonds. The molecule has 1 aromatic heterocycles. The van der Waals surface area contributed by atoms with E-state index in [2.05, 4.69) is 25.1 Å². The number of amidine groups is 1. The normalized spacial score (nSPS) is 14.5. The van der Waals surface area contributed by atoms with Crippen molar-refractivity contribution >= 4 is 34.6 Å². The molecule has 1 aliphatic rings. The Morgan fingerprint density at radius 2 is 1.82 bits per heavy atom. The quantitative estimate of drug-likeness (QED) is 0.225. The predicted octanol–water partition coefficient (Wildman–Crippen LogP) is 6.48. The smallest absolute Gasteiger partial charge is 0.406 e. The van der Waals surface area contributed by atoms with Crippen LogP contribution in [0.1, 0.15) is 30.9 Å². The minimum absolute atomic E-state index is 0.0467. The maximum absolute atomic E-state index is 13.9. The SMILES string of the molecule is CC(C)c1cc(F)ccc1N1C(=O)CS/C1=N\C(=O)NCCc1ccc(-c2ncn(-c3ccc(OC(F)(F)F)cc3)n2)cc1. The zero-order valence-electron chi connectivity index (χ0n) is 23.5. The number of carbonyl (C=O) groups excluding carboxylic acids is 2. The number of urea groups is 1. The number of alkyl halides is 3. The van der Waals surface area contributed by atoms with Gasteiger partial charge < -0.3 is 10.1 Å². The van der Waals surface area contributed by atoms with E-state index in [0.29, 0.717) is 35.7 Å². The van der Waals surface area contributed by atoms with E-state index in [4.69, 9.17) is 0 Å². The summed E-state index contributed by atoms with van der Waals surface area (Å²) in [5.41, 5.74) is 3.32. The van der Waals surface area contributed by atoms with Gasteiger partial charge in [0.25, 0.3) is 0 Å². The summed E-state index contributed by atoms with van der Waals surface area (Å²) >= 11 is 1.15. The summed E-state index contributed by atoms with van der Waals surface area (Å²) in [5.74, 6) is -0.466. The molecule has 4 aromatic rings. The number of thioether (sulfide) groups is 1. The van der Waals surface area contributed by atoms with Gasteiger partial charge in [-0.3, -0.25) is 9.69 Å². The maximum atomic E-state index is 13.9. The fraction of sp³-hybridized carbons (Fsp3) is 0.233. The highest BCUT2D eigenvalue weighted by atomic mass is 32.2. The van der Waals surface area contributed by atoms with Crippen LogP contribution in [0.4, 0.5) is 28.0 Å². The second-order valence-electron chi connectivity index (χ2n) is 10.0. The van der Waals surface area contributed by atoms with Crippen LogP contribution >= 0.6 is 11.8 Å². The number of hydrogen-bond acceptors (Lipinski definition) is 6. The van der Waals surface area contributed by atoms with Gasteiger partial charge >= 0.3 is 12.4 Å². The molecule has 2 heterocycles. The monoisotopic (exact) mass is 626 g/mol. The van der Waals surface area contributed by atoms with Crippen LogP contribution in [0, 0.1) is 5.82 Å². The molecule has 1 N–H and O–H groups in total. The first-order chi connectivity index (χ1) is 21.0. The van der Waals surface area contributed by atoms with Crippen molar-refractivity contribution in [1.82, 2.24) is 20.1 Å². The topological polar surface area (TPSA) is 102 Å². The number of carbonyl (C=O) groups is 2. The van der Waals surface area contributed by atoms with E-state index in [9.17, 15) is 27.2 Å². The van der Waals surface area contributed by atoms with Crippen LogP contribution in [-0.4, -0.2) is 50.5 Å². The second-order valence-corrected chi connectivity index (χ2v) is 10.9. The summed E-state index contributed by atoms with van der Waals surface area (Å²) in [5, 5.41) is 7.37. The average Bonchev–Trinajstić information content (AvgIpc) is 3.60. The number of nitrogens with zero attached hydrogens (tertiary/aromatic N) is 5. The third-order valence-corrected chi connectivity index (χ3v) is 7.47. The van der Waals surface area contributed by atoms with Gasteiger partial charge in [0.1, 0.15) is 17.9 Å². The van der Waals surface area contributed by atoms with Crippen molar-refractivity contribution in [3.8, 4) is 22.8 Å². The first-order valence-corrected chi connectivity index (χ1v) is 14.4. The lowest BCUT2D eigenvalue weighted by Gasteiger charge is -2.21. The van der Waals surface area contributed by atoms with Crippen molar-refractivity contribution in [2.45, 2.75) is 32.5 Å². The number of aliphatic imine (C=N–C) groups is 1. The van der Waals surface area contributed by atoms with Crippen LogP contribution < -0.4 is 15.0 Å². The molecule has 5 rings (SSSR count). The third kappa shape index (κ3) is 7.43. The Morgan fingerprint density at radius 1 is 1.09 bits per heavy atom. The van der Waals surface area contributed by atoms with Crippen LogP contribution in [0.2, 0.25) is 0 Å². The zero-order chi connectivity index (χ0) is 31.4. The lowest BCUT2D eigenvalue weighted by molar-refractivity contribution is -0.274. The summed E-state index contributed by atoms with van der Waals surface area (Å²) in [4.78, 5) is 35.0. The van der Waals surface area contributed by atoms with Gasteiger partial charge in [-0.2, -0.15) is 4.99 Å². The van der Waals surface area contributed by atoms with Gasteiger partial charge in [-0.25, -0.2) is 18.9 Å². The Labute approximate surface area is 254 Å². The largest absolute Gasteiger partial charge is 0.573 e. The van der Waals surface area contributed by atoms with Crippen molar-refractivity contribution in [2.24, 2.45) is 4.99 Å². The molecule has 0 spiro atoms. The van der Waals surface area contributed by atoms with Gasteiger partial charge in [0.15, 0.2) is 11.0 Å². The summed E-state index contributed by atoms with van der Waals surface area (Å²) in [6.45, 7) is 4.09. The van der Waals surface area contributed by atoms with Gasteiger partial charge in [-0.05, 0) is 65.9 Å². The van der Waals surface area contributed by atoms with Gasteiger partial charge in [0.05, 0.1) is 17.1 Å². The molecule has 0 radical (unpaired) electrons. The van der Waals surface area contributed by atoms with Crippen molar-refractivity contribution in [1.29, 1.82) is 0 Å². The van der Waals surface area contributed by atoms with Gasteiger partial charge in [-0.15, -0.1) is 18.3 Å². The Hall–Kier alpha value is -4.72. The fourth-order valence-corrected chi connectivity index (χ4v) is 5.31. The molecular weight excluding hydrogens is 600 g/mol. The number of rotatable bonds is 8. The molecule has 0 aliphatic carbocycles. The van der Waals surface area contributed by atoms with Gasteiger partial charge in [0, 0.05) is 12.1 Å². The van der Waals surface area contributed by atoms with E-state index in [-0.39, 0.29) is 28.5 Å². The average molecular weight is 627 g/mol. The standard InChI is InChI=1S/C30H26F4N6O3S/c1-18(2)24-15-21(31)7-12-25(24)40-26(41)16-44-29(40)37-28(42)35-14-13-19-3-5-20(6-4-19)27-36-17-39(38-27)22-8-10-23(11-9-22)43-30(32,33)34/h3-12,15,17-18H,13-14,16H2,1-2H3,(H,35,42)/b37-29-. The van der Waals surface area contributed by atoms with E-state index >= 15 is 0 Å². The van der Waals surface area contributed by atoms with Crippen molar-refractivity contribution in [2.75, 3.05) is 17.2 Å². The molecule has 1 saturated heterocycles. The summed E-state index contributed by atoms with van der Waals surface area (Å²) < 4.78 is 56.3. The van der Waals surface area contributed by atoms with Crippen molar-refractivity contribution in [3.63, 3.8) is 0 Å². The molecule has 0 saturated carbocycles. The van der Waals surface area contributed by atoms with Gasteiger partial charge in [0.2, 0.25) is 5.91 Å². The van der Waals surface area contributed by atoms with E-state index in [1.165, 1.54) is 58.4 Å². The molecule has 9 nitrogen and oxygen atoms in total. The zero-order valence-corrected chi connectivity index (χ0v) is 24.3. The van der Waals surface area contributed by atoms with E-state index in [1.54, 1.807) is 0 Å². The molecule has 0 atom stereocenters. The molecule has 1 aliphatic heterocycles. The molecule has 14 heteroatoms. The third-order valence-electron chi connectivity index (χ3n) is 6.54. The first kappa shape index (κ1) is 30.7. The fourth-order valence-electron chi connectivity index (χ4n) is 4.45.